The molecular formula is C21H31NO4. The second-order valence-corrected chi connectivity index (χ2v) is 8.44. The number of piperidine rings is 1. The molecule has 0 radical (unpaired) electrons. The fourth-order valence-corrected chi connectivity index (χ4v) is 3.91. The van der Waals surface area contributed by atoms with Gasteiger partial charge in [0.1, 0.15) is 11.4 Å². The molecule has 3 aliphatic rings. The Bertz CT molecular complexity index is 631. The lowest BCUT2D eigenvalue weighted by molar-refractivity contribution is -0.155. The molecule has 1 aliphatic carbocycles. The van der Waals surface area contributed by atoms with Gasteiger partial charge in [-0.1, -0.05) is 6.08 Å². The predicted molar refractivity (Wildman–Crippen MR) is 100 cm³/mol. The van der Waals surface area contributed by atoms with Crippen molar-refractivity contribution in [1.82, 2.24) is 4.90 Å². The number of likely N-dealkylation sites (tertiary alicyclic amines) is 1. The third-order valence-corrected chi connectivity index (χ3v) is 5.39. The second kappa shape index (κ2) is 7.47. The van der Waals surface area contributed by atoms with Crippen LogP contribution in [0.2, 0.25) is 0 Å². The number of allylic oxidation sites excluding steroid dienone is 4. The van der Waals surface area contributed by atoms with E-state index in [0.717, 1.165) is 57.0 Å². The Labute approximate surface area is 156 Å². The van der Waals surface area contributed by atoms with Gasteiger partial charge in [0.05, 0.1) is 25.9 Å². The van der Waals surface area contributed by atoms with E-state index in [4.69, 9.17) is 14.2 Å². The van der Waals surface area contributed by atoms with Crippen LogP contribution in [0, 0.1) is 5.41 Å². The number of hydrogen-bond acceptors (Lipinski definition) is 5. The van der Waals surface area contributed by atoms with E-state index in [0.29, 0.717) is 6.42 Å². The molecule has 144 valence electrons. The smallest absolute Gasteiger partial charge is 0.307 e. The topological polar surface area (TPSA) is 48.0 Å². The lowest BCUT2D eigenvalue weighted by Gasteiger charge is -2.38. The number of rotatable bonds is 4. The summed E-state index contributed by atoms with van der Waals surface area (Å²) in [6.45, 7) is 9.22. The van der Waals surface area contributed by atoms with Crippen LogP contribution < -0.4 is 0 Å². The minimum Gasteiger partial charge on any atom is -0.501 e. The minimum atomic E-state index is -0.409. The summed E-state index contributed by atoms with van der Waals surface area (Å²) in [5.74, 6) is 1.87. The molecule has 0 N–H and O–H groups in total. The van der Waals surface area contributed by atoms with Crippen LogP contribution in [-0.4, -0.2) is 49.8 Å². The van der Waals surface area contributed by atoms with Crippen LogP contribution in [-0.2, 0) is 19.0 Å². The maximum Gasteiger partial charge on any atom is 0.307 e. The average Bonchev–Trinajstić information content (AvgIpc) is 2.77. The number of carbonyl (C=O) groups excluding carboxylic acids is 1. The Morgan fingerprint density at radius 1 is 1.27 bits per heavy atom. The number of ether oxygens (including phenoxy) is 3. The van der Waals surface area contributed by atoms with E-state index in [2.05, 4.69) is 23.1 Å². The molecule has 0 atom stereocenters. The maximum absolute atomic E-state index is 11.9. The first-order valence-electron chi connectivity index (χ1n) is 9.54. The van der Waals surface area contributed by atoms with Gasteiger partial charge >= 0.3 is 5.97 Å². The van der Waals surface area contributed by atoms with Crippen molar-refractivity contribution in [3.8, 4) is 0 Å². The van der Waals surface area contributed by atoms with Crippen LogP contribution in [0.4, 0.5) is 0 Å². The van der Waals surface area contributed by atoms with Gasteiger partial charge in [0.15, 0.2) is 0 Å². The molecule has 5 nitrogen and oxygen atoms in total. The summed E-state index contributed by atoms with van der Waals surface area (Å²) < 4.78 is 16.8. The summed E-state index contributed by atoms with van der Waals surface area (Å²) in [4.78, 5) is 14.3. The number of hydrogen-bond donors (Lipinski definition) is 0. The predicted octanol–water partition coefficient (Wildman–Crippen LogP) is 3.57. The normalized spacial score (nSPS) is 22.5. The van der Waals surface area contributed by atoms with Gasteiger partial charge in [-0.3, -0.25) is 4.79 Å². The van der Waals surface area contributed by atoms with Gasteiger partial charge in [0, 0.05) is 24.0 Å². The summed E-state index contributed by atoms with van der Waals surface area (Å²) in [5, 5.41) is 0. The fourth-order valence-electron chi connectivity index (χ4n) is 3.91. The van der Waals surface area contributed by atoms with E-state index in [1.807, 2.05) is 20.8 Å². The summed E-state index contributed by atoms with van der Waals surface area (Å²) in [5.41, 5.74) is 1.01. The van der Waals surface area contributed by atoms with E-state index in [9.17, 15) is 4.79 Å². The van der Waals surface area contributed by atoms with Crippen molar-refractivity contribution in [1.29, 1.82) is 0 Å². The zero-order valence-electron chi connectivity index (χ0n) is 16.5. The highest BCUT2D eigenvalue weighted by atomic mass is 16.6. The van der Waals surface area contributed by atoms with Gasteiger partial charge in [-0.05, 0) is 58.9 Å². The lowest BCUT2D eigenvalue weighted by atomic mass is 9.73. The highest BCUT2D eigenvalue weighted by Crippen LogP contribution is 2.48. The molecule has 0 aromatic heterocycles. The molecule has 0 amide bonds. The van der Waals surface area contributed by atoms with Crippen LogP contribution >= 0.6 is 0 Å². The first kappa shape index (κ1) is 19.0. The van der Waals surface area contributed by atoms with Crippen LogP contribution in [0.1, 0.15) is 46.5 Å². The first-order valence-corrected chi connectivity index (χ1v) is 9.54. The zero-order chi connectivity index (χ0) is 18.8. The van der Waals surface area contributed by atoms with Crippen molar-refractivity contribution >= 4 is 5.97 Å². The molecular weight excluding hydrogens is 330 g/mol. The number of carbonyl (C=O) groups is 1. The van der Waals surface area contributed by atoms with Gasteiger partial charge in [0.25, 0.3) is 0 Å². The maximum atomic E-state index is 11.9. The molecule has 0 unspecified atom stereocenters. The average molecular weight is 361 g/mol. The standard InChI is InChI=1S/C21H31NO4/c1-20(2,3)26-19(23)9-12-22-13-10-21(11-14-22)15-25-18-8-6-16(24-4)5-7-17(18)21/h5,7-8H,6,9-15H2,1-4H3. The molecule has 26 heavy (non-hydrogen) atoms. The van der Waals surface area contributed by atoms with Gasteiger partial charge in [0.2, 0.25) is 0 Å². The van der Waals surface area contributed by atoms with Gasteiger partial charge < -0.3 is 19.1 Å². The minimum absolute atomic E-state index is 0.105. The Balaban J connectivity index is 1.56. The fraction of sp³-hybridized carbons (Fsp3) is 0.667. The lowest BCUT2D eigenvalue weighted by Crippen LogP contribution is -2.42. The van der Waals surface area contributed by atoms with Crippen molar-refractivity contribution in [2.45, 2.75) is 52.1 Å². The Kier molecular flexibility index (Phi) is 5.47. The van der Waals surface area contributed by atoms with Crippen LogP contribution in [0.5, 0.6) is 0 Å². The van der Waals surface area contributed by atoms with E-state index < -0.39 is 5.60 Å². The second-order valence-electron chi connectivity index (χ2n) is 8.44. The van der Waals surface area contributed by atoms with Crippen molar-refractivity contribution < 1.29 is 19.0 Å². The number of methoxy groups -OCH3 is 1. The molecule has 1 spiro atoms. The zero-order valence-corrected chi connectivity index (χ0v) is 16.5. The molecule has 2 aliphatic heterocycles. The molecule has 0 saturated carbocycles. The molecule has 2 heterocycles. The van der Waals surface area contributed by atoms with Gasteiger partial charge in [-0.15, -0.1) is 0 Å². The molecule has 2 saturated heterocycles. The molecule has 0 aromatic rings. The number of esters is 1. The largest absolute Gasteiger partial charge is 0.501 e. The number of nitrogens with zero attached hydrogens (tertiary/aromatic N) is 1. The molecule has 2 fully saturated rings. The van der Waals surface area contributed by atoms with E-state index >= 15 is 0 Å². The summed E-state index contributed by atoms with van der Waals surface area (Å²) in [7, 11) is 1.71. The number of fused-ring (bicyclic) bond motifs is 2. The third kappa shape index (κ3) is 4.32. The van der Waals surface area contributed by atoms with E-state index in [-0.39, 0.29) is 11.4 Å². The van der Waals surface area contributed by atoms with Crippen molar-refractivity contribution in [3.63, 3.8) is 0 Å². The Hall–Kier alpha value is -1.75. The van der Waals surface area contributed by atoms with Crippen LogP contribution in [0.3, 0.4) is 0 Å². The molecule has 5 heteroatoms. The Morgan fingerprint density at radius 3 is 2.65 bits per heavy atom. The SMILES string of the molecule is COC1=CC=C2C(=CC1)OCC21CCN(CCC(=O)OC(C)(C)C)CC1. The molecule has 0 aromatic carbocycles. The Morgan fingerprint density at radius 2 is 2.00 bits per heavy atom. The highest BCUT2D eigenvalue weighted by Gasteiger charge is 2.45. The van der Waals surface area contributed by atoms with Crippen molar-refractivity contribution in [3.05, 3.63) is 35.3 Å². The van der Waals surface area contributed by atoms with Crippen molar-refractivity contribution in [2.24, 2.45) is 5.41 Å². The van der Waals surface area contributed by atoms with E-state index in [1.54, 1.807) is 7.11 Å². The van der Waals surface area contributed by atoms with Gasteiger partial charge in [-0.25, -0.2) is 0 Å². The third-order valence-electron chi connectivity index (χ3n) is 5.39. The quantitative estimate of drug-likeness (QED) is 0.717. The monoisotopic (exact) mass is 361 g/mol. The van der Waals surface area contributed by atoms with Crippen LogP contribution in [0.25, 0.3) is 0 Å². The van der Waals surface area contributed by atoms with Crippen molar-refractivity contribution in [2.75, 3.05) is 33.4 Å². The molecule has 0 bridgehead atoms. The molecule has 3 rings (SSSR count). The summed E-state index contributed by atoms with van der Waals surface area (Å²) >= 11 is 0. The summed E-state index contributed by atoms with van der Waals surface area (Å²) in [6.07, 6.45) is 9.74. The van der Waals surface area contributed by atoms with Crippen LogP contribution in [0.15, 0.2) is 35.3 Å². The first-order chi connectivity index (χ1) is 12.3. The van der Waals surface area contributed by atoms with E-state index in [1.165, 1.54) is 5.57 Å². The van der Waals surface area contributed by atoms with Gasteiger partial charge in [-0.2, -0.15) is 0 Å². The summed E-state index contributed by atoms with van der Waals surface area (Å²) in [6, 6.07) is 0. The highest BCUT2D eigenvalue weighted by molar-refractivity contribution is 5.70.